The summed E-state index contributed by atoms with van der Waals surface area (Å²) in [5, 5.41) is 11.4. The Morgan fingerprint density at radius 2 is 2.20 bits per heavy atom. The van der Waals surface area contributed by atoms with Gasteiger partial charge in [0.15, 0.2) is 0 Å². The van der Waals surface area contributed by atoms with Crippen molar-refractivity contribution in [1.29, 1.82) is 0 Å². The minimum atomic E-state index is 0.340. The number of nitrogens with two attached hydrogens (primary N) is 1. The molecule has 1 fully saturated rings. The Hall–Kier alpha value is -0.770. The van der Waals surface area contributed by atoms with E-state index < -0.39 is 0 Å². The third-order valence-corrected chi connectivity index (χ3v) is 3.25. The first-order chi connectivity index (χ1) is 7.13. The number of rotatable bonds is 4. The highest BCUT2D eigenvalue weighted by Gasteiger charge is 2.21. The first kappa shape index (κ1) is 12.3. The zero-order valence-corrected chi connectivity index (χ0v) is 9.82. The lowest BCUT2D eigenvalue weighted by Crippen LogP contribution is -2.41. The molecule has 1 rings (SSSR count). The summed E-state index contributed by atoms with van der Waals surface area (Å²) < 4.78 is 0. The number of amidine groups is 1. The molecule has 0 aromatic rings. The summed E-state index contributed by atoms with van der Waals surface area (Å²) in [5.74, 6) is 1.15. The quantitative estimate of drug-likeness (QED) is 0.323. The molecule has 15 heavy (non-hydrogen) atoms. The van der Waals surface area contributed by atoms with Crippen molar-refractivity contribution in [3.63, 3.8) is 0 Å². The van der Waals surface area contributed by atoms with Crippen LogP contribution in [-0.2, 0) is 0 Å². The molecule has 0 aliphatic carbocycles. The molecule has 0 aromatic carbocycles. The van der Waals surface area contributed by atoms with Crippen LogP contribution in [0.4, 0.5) is 0 Å². The Bertz CT molecular complexity index is 218. The van der Waals surface area contributed by atoms with E-state index in [1.165, 1.54) is 19.4 Å². The van der Waals surface area contributed by atoms with Crippen molar-refractivity contribution >= 4 is 5.84 Å². The molecule has 0 saturated carbocycles. The lowest BCUT2D eigenvalue weighted by molar-refractivity contribution is 0.124. The minimum absolute atomic E-state index is 0.340. The second kappa shape index (κ2) is 5.95. The second-order valence-electron chi connectivity index (χ2n) is 4.72. The highest BCUT2D eigenvalue weighted by molar-refractivity contribution is 5.79. The molecule has 1 heterocycles. The molecule has 0 amide bonds. The number of piperidine rings is 1. The standard InChI is InChI=1S/C11H23N3O/c1-9-5-6-10(2)14(8-9)7-3-4-11(12)13-15/h9-10,15H,3-8H2,1-2H3,(H2,12,13). The maximum Gasteiger partial charge on any atom is 0.139 e. The van der Waals surface area contributed by atoms with E-state index in [1.54, 1.807) is 0 Å². The first-order valence-corrected chi connectivity index (χ1v) is 5.84. The van der Waals surface area contributed by atoms with Crippen LogP contribution in [0.3, 0.4) is 0 Å². The summed E-state index contributed by atoms with van der Waals surface area (Å²) in [6.07, 6.45) is 4.31. The average molecular weight is 213 g/mol. The van der Waals surface area contributed by atoms with Crippen molar-refractivity contribution in [2.75, 3.05) is 13.1 Å². The number of oxime groups is 1. The van der Waals surface area contributed by atoms with Crippen molar-refractivity contribution in [2.24, 2.45) is 16.8 Å². The molecule has 1 aliphatic rings. The molecule has 88 valence electrons. The maximum atomic E-state index is 8.42. The van der Waals surface area contributed by atoms with Gasteiger partial charge in [0.05, 0.1) is 0 Å². The molecule has 0 spiro atoms. The summed E-state index contributed by atoms with van der Waals surface area (Å²) in [7, 11) is 0. The number of hydrogen-bond acceptors (Lipinski definition) is 3. The van der Waals surface area contributed by atoms with Crippen molar-refractivity contribution < 1.29 is 5.21 Å². The van der Waals surface area contributed by atoms with Gasteiger partial charge in [-0.15, -0.1) is 0 Å². The predicted octanol–water partition coefficient (Wildman–Crippen LogP) is 1.63. The normalized spacial score (nSPS) is 29.3. The topological polar surface area (TPSA) is 61.8 Å². The van der Waals surface area contributed by atoms with Crippen LogP contribution in [0, 0.1) is 5.92 Å². The fourth-order valence-corrected chi connectivity index (χ4v) is 2.20. The smallest absolute Gasteiger partial charge is 0.139 e. The van der Waals surface area contributed by atoms with Gasteiger partial charge < -0.3 is 15.8 Å². The zero-order valence-electron chi connectivity index (χ0n) is 9.82. The van der Waals surface area contributed by atoms with Gasteiger partial charge in [-0.05, 0) is 38.6 Å². The van der Waals surface area contributed by atoms with E-state index in [1.807, 2.05) is 0 Å². The van der Waals surface area contributed by atoms with E-state index in [4.69, 9.17) is 10.9 Å². The molecule has 2 unspecified atom stereocenters. The lowest BCUT2D eigenvalue weighted by atomic mass is 9.95. The molecule has 4 heteroatoms. The fourth-order valence-electron chi connectivity index (χ4n) is 2.20. The highest BCUT2D eigenvalue weighted by Crippen LogP contribution is 2.21. The van der Waals surface area contributed by atoms with Crippen LogP contribution in [-0.4, -0.2) is 35.1 Å². The summed E-state index contributed by atoms with van der Waals surface area (Å²) in [6.45, 7) is 6.84. The van der Waals surface area contributed by atoms with E-state index in [-0.39, 0.29) is 0 Å². The maximum absolute atomic E-state index is 8.42. The molecule has 2 atom stereocenters. The molecule has 0 aromatic heterocycles. The molecule has 0 radical (unpaired) electrons. The first-order valence-electron chi connectivity index (χ1n) is 5.84. The predicted molar refractivity (Wildman–Crippen MR) is 62.1 cm³/mol. The van der Waals surface area contributed by atoms with Crippen molar-refractivity contribution in [3.8, 4) is 0 Å². The van der Waals surface area contributed by atoms with Gasteiger partial charge >= 0.3 is 0 Å². The van der Waals surface area contributed by atoms with Gasteiger partial charge in [-0.1, -0.05) is 12.1 Å². The van der Waals surface area contributed by atoms with E-state index in [2.05, 4.69) is 23.9 Å². The van der Waals surface area contributed by atoms with Crippen LogP contribution < -0.4 is 5.73 Å². The Morgan fingerprint density at radius 3 is 2.87 bits per heavy atom. The molecule has 0 bridgehead atoms. The largest absolute Gasteiger partial charge is 0.409 e. The summed E-state index contributed by atoms with van der Waals surface area (Å²) in [4.78, 5) is 2.51. The molecule has 1 aliphatic heterocycles. The van der Waals surface area contributed by atoms with Crippen LogP contribution in [0.15, 0.2) is 5.16 Å². The third-order valence-electron chi connectivity index (χ3n) is 3.25. The van der Waals surface area contributed by atoms with Gasteiger partial charge in [-0.3, -0.25) is 0 Å². The van der Waals surface area contributed by atoms with E-state index >= 15 is 0 Å². The summed E-state index contributed by atoms with van der Waals surface area (Å²) in [6, 6.07) is 0.688. The SMILES string of the molecule is CC1CCC(C)N(CCCC(N)=NO)C1. The Kier molecular flexibility index (Phi) is 4.88. The van der Waals surface area contributed by atoms with E-state index in [0.717, 1.165) is 18.9 Å². The highest BCUT2D eigenvalue weighted by atomic mass is 16.4. The Balaban J connectivity index is 2.24. The Morgan fingerprint density at radius 1 is 1.47 bits per heavy atom. The second-order valence-corrected chi connectivity index (χ2v) is 4.72. The molecular weight excluding hydrogens is 190 g/mol. The van der Waals surface area contributed by atoms with Crippen LogP contribution in [0.25, 0.3) is 0 Å². The van der Waals surface area contributed by atoms with Gasteiger partial charge in [-0.2, -0.15) is 0 Å². The van der Waals surface area contributed by atoms with Gasteiger partial charge in [0, 0.05) is 19.0 Å². The fraction of sp³-hybridized carbons (Fsp3) is 0.909. The van der Waals surface area contributed by atoms with Gasteiger partial charge in [-0.25, -0.2) is 0 Å². The molecule has 3 N–H and O–H groups in total. The molecule has 1 saturated heterocycles. The van der Waals surface area contributed by atoms with Crippen LogP contribution >= 0.6 is 0 Å². The van der Waals surface area contributed by atoms with Gasteiger partial charge in [0.2, 0.25) is 0 Å². The van der Waals surface area contributed by atoms with E-state index in [9.17, 15) is 0 Å². The summed E-state index contributed by atoms with van der Waals surface area (Å²) >= 11 is 0. The van der Waals surface area contributed by atoms with Gasteiger partial charge in [0.25, 0.3) is 0 Å². The number of likely N-dealkylation sites (tertiary alicyclic amines) is 1. The molecular formula is C11H23N3O. The van der Waals surface area contributed by atoms with E-state index in [0.29, 0.717) is 18.3 Å². The third kappa shape index (κ3) is 4.08. The Labute approximate surface area is 92.1 Å². The summed E-state index contributed by atoms with van der Waals surface area (Å²) in [5.41, 5.74) is 5.43. The number of nitrogens with zero attached hydrogens (tertiary/aromatic N) is 2. The van der Waals surface area contributed by atoms with Crippen LogP contribution in [0.2, 0.25) is 0 Å². The molecule has 4 nitrogen and oxygen atoms in total. The van der Waals surface area contributed by atoms with Crippen molar-refractivity contribution in [2.45, 2.75) is 45.6 Å². The van der Waals surface area contributed by atoms with Gasteiger partial charge in [0.1, 0.15) is 5.84 Å². The monoisotopic (exact) mass is 213 g/mol. The van der Waals surface area contributed by atoms with Crippen LogP contribution in [0.5, 0.6) is 0 Å². The number of hydrogen-bond donors (Lipinski definition) is 2. The lowest BCUT2D eigenvalue weighted by Gasteiger charge is -2.36. The van der Waals surface area contributed by atoms with Crippen molar-refractivity contribution in [1.82, 2.24) is 4.90 Å². The zero-order chi connectivity index (χ0) is 11.3. The van der Waals surface area contributed by atoms with Crippen molar-refractivity contribution in [3.05, 3.63) is 0 Å². The minimum Gasteiger partial charge on any atom is -0.409 e. The average Bonchev–Trinajstić information content (AvgIpc) is 2.23. The van der Waals surface area contributed by atoms with Crippen LogP contribution in [0.1, 0.15) is 39.5 Å².